The zero-order valence-corrected chi connectivity index (χ0v) is 14.7. The topological polar surface area (TPSA) is 73.9 Å². The molecule has 2 rings (SSSR count). The van der Waals surface area contributed by atoms with Gasteiger partial charge in [-0.05, 0) is 18.7 Å². The molecule has 0 spiro atoms. The Hall–Kier alpha value is -2.38. The van der Waals surface area contributed by atoms with Crippen LogP contribution in [0.25, 0.3) is 0 Å². The molecule has 3 amide bonds. The highest BCUT2D eigenvalue weighted by atomic mass is 16.5. The van der Waals surface area contributed by atoms with E-state index in [1.165, 1.54) is 5.69 Å². The van der Waals surface area contributed by atoms with Crippen LogP contribution in [-0.4, -0.2) is 63.3 Å². The first-order valence-corrected chi connectivity index (χ1v) is 8.38. The fourth-order valence-electron chi connectivity index (χ4n) is 2.72. The van der Waals surface area contributed by atoms with Crippen molar-refractivity contribution < 1.29 is 14.3 Å². The molecule has 2 N–H and O–H groups in total. The van der Waals surface area contributed by atoms with E-state index in [0.717, 1.165) is 31.9 Å². The Morgan fingerprint density at radius 3 is 2.76 bits per heavy atom. The van der Waals surface area contributed by atoms with Crippen LogP contribution in [0.4, 0.5) is 10.5 Å². The number of amides is 3. The Kier molecular flexibility index (Phi) is 7.43. The predicted octanol–water partition coefficient (Wildman–Crippen LogP) is 0.967. The number of carbonyl (C=O) groups is 2. The summed E-state index contributed by atoms with van der Waals surface area (Å²) in [6, 6.07) is 7.67. The maximum absolute atomic E-state index is 11.9. The average molecular weight is 346 g/mol. The Labute approximate surface area is 148 Å². The number of urea groups is 1. The number of carbonyl (C=O) groups excluding carboxylic acids is 2. The first-order valence-electron chi connectivity index (χ1n) is 8.38. The van der Waals surface area contributed by atoms with Gasteiger partial charge in [-0.3, -0.25) is 15.0 Å². The molecule has 1 fully saturated rings. The van der Waals surface area contributed by atoms with E-state index in [9.17, 15) is 9.59 Å². The number of rotatable bonds is 7. The molecule has 0 atom stereocenters. The number of ether oxygens (including phenoxy) is 1. The highest BCUT2D eigenvalue weighted by Gasteiger charge is 2.16. The number of hydrogen-bond acceptors (Lipinski definition) is 5. The number of imide groups is 1. The number of para-hydroxylation sites is 1. The summed E-state index contributed by atoms with van der Waals surface area (Å²) in [7, 11) is 1.86. The molecule has 1 aromatic carbocycles. The molecule has 25 heavy (non-hydrogen) atoms. The first-order chi connectivity index (χ1) is 12.1. The van der Waals surface area contributed by atoms with Gasteiger partial charge < -0.3 is 15.0 Å². The lowest BCUT2D eigenvalue weighted by Crippen LogP contribution is -2.43. The van der Waals surface area contributed by atoms with E-state index in [1.54, 1.807) is 6.08 Å². The molecule has 1 saturated heterocycles. The van der Waals surface area contributed by atoms with Crippen molar-refractivity contribution in [3.63, 3.8) is 0 Å². The summed E-state index contributed by atoms with van der Waals surface area (Å²) >= 11 is 0. The Bertz CT molecular complexity index is 600. The minimum atomic E-state index is -0.507. The average Bonchev–Trinajstić information content (AvgIpc) is 2.61. The number of nitrogens with one attached hydrogen (secondary N) is 2. The number of nitrogens with zero attached hydrogens (tertiary/aromatic N) is 2. The normalized spacial score (nSPS) is 14.2. The highest BCUT2D eigenvalue weighted by molar-refractivity contribution is 5.95. The van der Waals surface area contributed by atoms with Crippen LogP contribution in [0.15, 0.2) is 36.9 Å². The smallest absolute Gasteiger partial charge is 0.321 e. The van der Waals surface area contributed by atoms with Crippen LogP contribution in [0, 0.1) is 0 Å². The molecule has 7 nitrogen and oxygen atoms in total. The molecule has 0 saturated carbocycles. The monoisotopic (exact) mass is 346 g/mol. The highest BCUT2D eigenvalue weighted by Crippen LogP contribution is 2.22. The van der Waals surface area contributed by atoms with E-state index in [4.69, 9.17) is 4.74 Å². The summed E-state index contributed by atoms with van der Waals surface area (Å²) in [5.41, 5.74) is 2.32. The molecule has 1 aliphatic rings. The standard InChI is InChI=1S/C18H26N4O3/c1-3-8-19-18(24)20-17(23)14-21(2)13-15-6-4-5-7-16(15)22-9-11-25-12-10-22/h3-7H,1,8-14H2,2H3,(H2,19,20,23,24). The second-order valence-electron chi connectivity index (χ2n) is 5.95. The van der Waals surface area contributed by atoms with Crippen LogP contribution in [0.1, 0.15) is 5.56 Å². The van der Waals surface area contributed by atoms with Crippen LogP contribution >= 0.6 is 0 Å². The van der Waals surface area contributed by atoms with Crippen molar-refractivity contribution in [2.75, 3.05) is 51.3 Å². The molecule has 1 aliphatic heterocycles. The SMILES string of the molecule is C=CCNC(=O)NC(=O)CN(C)Cc1ccccc1N1CCOCC1. The van der Waals surface area contributed by atoms with Crippen molar-refractivity contribution >= 4 is 17.6 Å². The fraction of sp³-hybridized carbons (Fsp3) is 0.444. The first kappa shape index (κ1) is 19.0. The lowest BCUT2D eigenvalue weighted by Gasteiger charge is -2.31. The van der Waals surface area contributed by atoms with E-state index in [0.29, 0.717) is 13.1 Å². The quantitative estimate of drug-likeness (QED) is 0.720. The fourth-order valence-corrected chi connectivity index (χ4v) is 2.72. The number of morpholine rings is 1. The van der Waals surface area contributed by atoms with Gasteiger partial charge in [0.25, 0.3) is 0 Å². The third kappa shape index (κ3) is 6.21. The summed E-state index contributed by atoms with van der Waals surface area (Å²) in [4.78, 5) is 27.6. The summed E-state index contributed by atoms with van der Waals surface area (Å²) in [6.07, 6.45) is 1.55. The summed E-state index contributed by atoms with van der Waals surface area (Å²) in [5, 5.41) is 4.82. The molecule has 0 bridgehead atoms. The second-order valence-corrected chi connectivity index (χ2v) is 5.95. The number of anilines is 1. The largest absolute Gasteiger partial charge is 0.378 e. The molecule has 0 radical (unpaired) electrons. The molecule has 7 heteroatoms. The van der Waals surface area contributed by atoms with Crippen molar-refractivity contribution in [1.82, 2.24) is 15.5 Å². The van der Waals surface area contributed by atoms with Gasteiger partial charge in [-0.2, -0.15) is 0 Å². The number of hydrogen-bond donors (Lipinski definition) is 2. The maximum Gasteiger partial charge on any atom is 0.321 e. The van der Waals surface area contributed by atoms with Crippen molar-refractivity contribution in [2.45, 2.75) is 6.54 Å². The van der Waals surface area contributed by atoms with Crippen molar-refractivity contribution in [1.29, 1.82) is 0 Å². The van der Waals surface area contributed by atoms with E-state index in [2.05, 4.69) is 34.2 Å². The van der Waals surface area contributed by atoms with Gasteiger partial charge in [0.15, 0.2) is 0 Å². The Morgan fingerprint density at radius 1 is 1.32 bits per heavy atom. The van der Waals surface area contributed by atoms with Crippen LogP contribution in [0.5, 0.6) is 0 Å². The molecule has 1 heterocycles. The van der Waals surface area contributed by atoms with E-state index in [-0.39, 0.29) is 12.5 Å². The molecule has 0 aliphatic carbocycles. The molecule has 136 valence electrons. The van der Waals surface area contributed by atoms with Crippen molar-refractivity contribution in [2.24, 2.45) is 0 Å². The molecular formula is C18H26N4O3. The number of likely N-dealkylation sites (N-methyl/N-ethyl adjacent to an activating group) is 1. The van der Waals surface area contributed by atoms with E-state index >= 15 is 0 Å². The van der Waals surface area contributed by atoms with Gasteiger partial charge in [-0.1, -0.05) is 24.3 Å². The Morgan fingerprint density at radius 2 is 2.04 bits per heavy atom. The zero-order valence-electron chi connectivity index (χ0n) is 14.7. The molecule has 1 aromatic rings. The van der Waals surface area contributed by atoms with Gasteiger partial charge >= 0.3 is 6.03 Å². The van der Waals surface area contributed by atoms with Gasteiger partial charge in [-0.25, -0.2) is 4.79 Å². The van der Waals surface area contributed by atoms with Gasteiger partial charge in [-0.15, -0.1) is 6.58 Å². The maximum atomic E-state index is 11.9. The lowest BCUT2D eigenvalue weighted by molar-refractivity contribution is -0.120. The van der Waals surface area contributed by atoms with E-state index < -0.39 is 6.03 Å². The van der Waals surface area contributed by atoms with Crippen LogP contribution in [0.2, 0.25) is 0 Å². The lowest BCUT2D eigenvalue weighted by atomic mass is 10.1. The van der Waals surface area contributed by atoms with Gasteiger partial charge in [0, 0.05) is 31.9 Å². The second kappa shape index (κ2) is 9.80. The number of benzene rings is 1. The molecule has 0 aromatic heterocycles. The summed E-state index contributed by atoms with van der Waals surface area (Å²) in [6.45, 7) is 7.77. The summed E-state index contributed by atoms with van der Waals surface area (Å²) in [5.74, 6) is -0.340. The minimum absolute atomic E-state index is 0.138. The van der Waals surface area contributed by atoms with Crippen LogP contribution in [-0.2, 0) is 16.1 Å². The van der Waals surface area contributed by atoms with E-state index in [1.807, 2.05) is 24.1 Å². The van der Waals surface area contributed by atoms with Crippen molar-refractivity contribution in [3.05, 3.63) is 42.5 Å². The molecule has 0 unspecified atom stereocenters. The van der Waals surface area contributed by atoms with Gasteiger partial charge in [0.2, 0.25) is 5.91 Å². The third-order valence-electron chi connectivity index (χ3n) is 3.86. The minimum Gasteiger partial charge on any atom is -0.378 e. The van der Waals surface area contributed by atoms with Gasteiger partial charge in [0.1, 0.15) is 0 Å². The van der Waals surface area contributed by atoms with Crippen LogP contribution < -0.4 is 15.5 Å². The van der Waals surface area contributed by atoms with Crippen LogP contribution in [0.3, 0.4) is 0 Å². The predicted molar refractivity (Wildman–Crippen MR) is 97.5 cm³/mol. The van der Waals surface area contributed by atoms with Gasteiger partial charge in [0.05, 0.1) is 19.8 Å². The van der Waals surface area contributed by atoms with Crippen molar-refractivity contribution in [3.8, 4) is 0 Å². The molecular weight excluding hydrogens is 320 g/mol. The Balaban J connectivity index is 1.89. The zero-order chi connectivity index (χ0) is 18.1. The summed E-state index contributed by atoms with van der Waals surface area (Å²) < 4.78 is 5.41. The third-order valence-corrected chi connectivity index (χ3v) is 3.86.